The summed E-state index contributed by atoms with van der Waals surface area (Å²) in [5.74, 6) is -0.303. The average molecular weight is 619 g/mol. The number of rotatable bonds is 12. The standard InChI is InChI=1S/C28H34N4O10S/c33-24(16-31(15-19-6-11-26(34)29-19)43(38,39)21-9-7-20(8-10-21)32(36)37)23(14-18-4-2-1-3-5-18)30-28(35)42-25-17-41-27-22(25)12-13-40-27/h1-5,7-10,19,22-25,27,33H,6,11-17H2,(H,29,34)(H,30,35)/t19-,22-,23-,24+,25-,27+/m0/s1. The van der Waals surface area contributed by atoms with Gasteiger partial charge in [-0.1, -0.05) is 30.3 Å². The summed E-state index contributed by atoms with van der Waals surface area (Å²) in [4.78, 5) is 35.1. The number of non-ortho nitro benzene ring substituents is 1. The summed E-state index contributed by atoms with van der Waals surface area (Å²) in [6.07, 6.45) is -1.64. The fraction of sp³-hybridized carbons (Fsp3) is 0.500. The molecule has 0 bridgehead atoms. The summed E-state index contributed by atoms with van der Waals surface area (Å²) < 4.78 is 45.2. The molecule has 3 saturated heterocycles. The van der Waals surface area contributed by atoms with E-state index in [1.54, 1.807) is 12.1 Å². The second kappa shape index (κ2) is 13.3. The molecule has 0 unspecified atom stereocenters. The van der Waals surface area contributed by atoms with Gasteiger partial charge >= 0.3 is 6.09 Å². The Hall–Kier alpha value is -3.63. The Bertz CT molecular complexity index is 1410. The summed E-state index contributed by atoms with van der Waals surface area (Å²) >= 11 is 0. The molecule has 2 aromatic rings. The van der Waals surface area contributed by atoms with Crippen molar-refractivity contribution in [3.63, 3.8) is 0 Å². The van der Waals surface area contributed by atoms with Gasteiger partial charge in [-0.05, 0) is 37.0 Å². The molecule has 14 nitrogen and oxygen atoms in total. The third-order valence-corrected chi connectivity index (χ3v) is 9.74. The van der Waals surface area contributed by atoms with E-state index in [-0.39, 0.29) is 48.4 Å². The van der Waals surface area contributed by atoms with Crippen LogP contribution in [0.2, 0.25) is 0 Å². The molecule has 3 fully saturated rings. The van der Waals surface area contributed by atoms with E-state index < -0.39 is 58.2 Å². The molecule has 2 aromatic carbocycles. The topological polar surface area (TPSA) is 187 Å². The van der Waals surface area contributed by atoms with Crippen LogP contribution in [0.25, 0.3) is 0 Å². The van der Waals surface area contributed by atoms with Gasteiger partial charge in [-0.3, -0.25) is 14.9 Å². The Balaban J connectivity index is 1.35. The zero-order valence-electron chi connectivity index (χ0n) is 23.2. The van der Waals surface area contributed by atoms with Crippen LogP contribution in [0.15, 0.2) is 59.5 Å². The second-order valence-electron chi connectivity index (χ2n) is 10.9. The molecule has 232 valence electrons. The van der Waals surface area contributed by atoms with Gasteiger partial charge in [0.1, 0.15) is 6.10 Å². The monoisotopic (exact) mass is 618 g/mol. The van der Waals surface area contributed by atoms with Crippen molar-refractivity contribution >= 4 is 27.7 Å². The lowest BCUT2D eigenvalue weighted by atomic mass is 10.0. The Kier molecular flexibility index (Phi) is 9.56. The lowest BCUT2D eigenvalue weighted by Gasteiger charge is -2.31. The summed E-state index contributed by atoms with van der Waals surface area (Å²) in [7, 11) is -4.28. The minimum absolute atomic E-state index is 0.0906. The molecule has 5 rings (SSSR count). The maximum absolute atomic E-state index is 13.8. The summed E-state index contributed by atoms with van der Waals surface area (Å²) in [6.45, 7) is 0.108. The number of nitro benzene ring substituents is 1. The number of ether oxygens (including phenoxy) is 3. The SMILES string of the molecule is O=C1CC[C@@H](CN(C[C@@H](O)[C@H](Cc2ccccc2)NC(=O)O[C@H]2CO[C@H]3OCC[C@H]32)S(=O)(=O)c2ccc([N+](=O)[O-])cc2)N1. The molecule has 3 heterocycles. The zero-order chi connectivity index (χ0) is 30.6. The van der Waals surface area contributed by atoms with Crippen molar-refractivity contribution in [3.8, 4) is 0 Å². The van der Waals surface area contributed by atoms with Crippen LogP contribution in [0, 0.1) is 16.0 Å². The predicted octanol–water partition coefficient (Wildman–Crippen LogP) is 1.32. The van der Waals surface area contributed by atoms with Gasteiger partial charge in [0.25, 0.3) is 5.69 Å². The van der Waals surface area contributed by atoms with Gasteiger partial charge in [-0.2, -0.15) is 4.31 Å². The first-order valence-electron chi connectivity index (χ1n) is 14.1. The van der Waals surface area contributed by atoms with Crippen LogP contribution in [0.5, 0.6) is 0 Å². The normalized spacial score (nSPS) is 24.7. The number of nitro groups is 1. The summed E-state index contributed by atoms with van der Waals surface area (Å²) in [6, 6.07) is 12.0. The van der Waals surface area contributed by atoms with E-state index in [4.69, 9.17) is 14.2 Å². The van der Waals surface area contributed by atoms with Crippen LogP contribution in [0.1, 0.15) is 24.8 Å². The molecule has 0 aromatic heterocycles. The fourth-order valence-electron chi connectivity index (χ4n) is 5.58. The number of aliphatic hydroxyl groups excluding tert-OH is 1. The van der Waals surface area contributed by atoms with Crippen LogP contribution in [0.4, 0.5) is 10.5 Å². The Labute approximate surface area is 248 Å². The highest BCUT2D eigenvalue weighted by Gasteiger charge is 2.44. The molecule has 2 amide bonds. The van der Waals surface area contributed by atoms with Crippen molar-refractivity contribution < 1.29 is 42.2 Å². The highest BCUT2D eigenvalue weighted by molar-refractivity contribution is 7.89. The van der Waals surface area contributed by atoms with Crippen molar-refractivity contribution in [1.29, 1.82) is 0 Å². The second-order valence-corrected chi connectivity index (χ2v) is 12.8. The molecular weight excluding hydrogens is 584 g/mol. The maximum Gasteiger partial charge on any atom is 0.407 e. The minimum Gasteiger partial charge on any atom is -0.443 e. The number of hydrogen-bond donors (Lipinski definition) is 3. The van der Waals surface area contributed by atoms with Crippen molar-refractivity contribution in [2.24, 2.45) is 5.92 Å². The van der Waals surface area contributed by atoms with Gasteiger partial charge in [-0.25, -0.2) is 13.2 Å². The van der Waals surface area contributed by atoms with Gasteiger partial charge in [0.05, 0.1) is 41.1 Å². The number of carbonyl (C=O) groups is 2. The summed E-state index contributed by atoms with van der Waals surface area (Å²) in [5, 5.41) is 28.0. The summed E-state index contributed by atoms with van der Waals surface area (Å²) in [5.41, 5.74) is 0.510. The van der Waals surface area contributed by atoms with Crippen LogP contribution in [0.3, 0.4) is 0 Å². The van der Waals surface area contributed by atoms with E-state index in [2.05, 4.69) is 10.6 Å². The first-order chi connectivity index (χ1) is 20.6. The number of hydrogen-bond acceptors (Lipinski definition) is 10. The number of amides is 2. The number of nitrogens with zero attached hydrogens (tertiary/aromatic N) is 2. The molecule has 0 radical (unpaired) electrons. The van der Waals surface area contributed by atoms with E-state index in [0.717, 1.165) is 34.1 Å². The number of aliphatic hydroxyl groups is 1. The largest absolute Gasteiger partial charge is 0.443 e. The Morgan fingerprint density at radius 3 is 2.58 bits per heavy atom. The maximum atomic E-state index is 13.8. The van der Waals surface area contributed by atoms with Crippen molar-refractivity contribution in [2.75, 3.05) is 26.3 Å². The number of benzene rings is 2. The average Bonchev–Trinajstić information content (AvgIpc) is 3.72. The van der Waals surface area contributed by atoms with E-state index >= 15 is 0 Å². The van der Waals surface area contributed by atoms with E-state index in [1.807, 2.05) is 18.2 Å². The molecule has 3 aliphatic rings. The highest BCUT2D eigenvalue weighted by atomic mass is 32.2. The smallest absolute Gasteiger partial charge is 0.407 e. The number of fused-ring (bicyclic) bond motifs is 1. The predicted molar refractivity (Wildman–Crippen MR) is 150 cm³/mol. The van der Waals surface area contributed by atoms with Gasteiger partial charge < -0.3 is 30.0 Å². The quantitative estimate of drug-likeness (QED) is 0.231. The van der Waals surface area contributed by atoms with Gasteiger partial charge in [0.2, 0.25) is 15.9 Å². The highest BCUT2D eigenvalue weighted by Crippen LogP contribution is 2.33. The fourth-order valence-corrected chi connectivity index (χ4v) is 7.08. The molecule has 43 heavy (non-hydrogen) atoms. The lowest BCUT2D eigenvalue weighted by molar-refractivity contribution is -0.384. The molecule has 15 heteroatoms. The molecule has 3 aliphatic heterocycles. The van der Waals surface area contributed by atoms with Gasteiger partial charge in [-0.15, -0.1) is 0 Å². The van der Waals surface area contributed by atoms with Crippen molar-refractivity contribution in [2.45, 2.75) is 61.2 Å². The number of carbonyl (C=O) groups excluding carboxylic acids is 2. The molecular formula is C28H34N4O10S. The van der Waals surface area contributed by atoms with E-state index in [9.17, 15) is 33.2 Å². The Morgan fingerprint density at radius 1 is 1.16 bits per heavy atom. The first-order valence-corrected chi connectivity index (χ1v) is 15.5. The molecule has 0 aliphatic carbocycles. The van der Waals surface area contributed by atoms with Crippen LogP contribution >= 0.6 is 0 Å². The zero-order valence-corrected chi connectivity index (χ0v) is 24.1. The number of nitrogens with one attached hydrogen (secondary N) is 2. The third-order valence-electron chi connectivity index (χ3n) is 7.89. The van der Waals surface area contributed by atoms with Crippen LogP contribution < -0.4 is 10.6 Å². The van der Waals surface area contributed by atoms with Gasteiger partial charge in [0.15, 0.2) is 6.29 Å². The lowest BCUT2D eigenvalue weighted by Crippen LogP contribution is -2.53. The van der Waals surface area contributed by atoms with E-state index in [0.29, 0.717) is 19.4 Å². The van der Waals surface area contributed by atoms with Crippen molar-refractivity contribution in [3.05, 3.63) is 70.3 Å². The van der Waals surface area contributed by atoms with E-state index in [1.165, 1.54) is 0 Å². The molecule has 3 N–H and O–H groups in total. The van der Waals surface area contributed by atoms with Gasteiger partial charge in [0, 0.05) is 37.7 Å². The van der Waals surface area contributed by atoms with Crippen molar-refractivity contribution in [1.82, 2.24) is 14.9 Å². The Morgan fingerprint density at radius 2 is 1.91 bits per heavy atom. The molecule has 0 spiro atoms. The van der Waals surface area contributed by atoms with Crippen LogP contribution in [-0.4, -0.2) is 91.6 Å². The third kappa shape index (κ3) is 7.48. The molecule has 6 atom stereocenters. The van der Waals surface area contributed by atoms with Crippen LogP contribution in [-0.2, 0) is 35.4 Å². The first kappa shape index (κ1) is 30.8. The molecule has 0 saturated carbocycles. The number of alkyl carbamates (subject to hydrolysis) is 1. The minimum atomic E-state index is -4.28. The number of sulfonamides is 1.